The van der Waals surface area contributed by atoms with Crippen LogP contribution >= 0.6 is 0 Å². The van der Waals surface area contributed by atoms with E-state index >= 15 is 0 Å². The van der Waals surface area contributed by atoms with Gasteiger partial charge in [0.2, 0.25) is 11.8 Å². The number of fused-ring (bicyclic) bond motifs is 1. The molecule has 2 aromatic carbocycles. The van der Waals surface area contributed by atoms with Crippen LogP contribution < -0.4 is 10.2 Å². The normalized spacial score (nSPS) is 21.7. The van der Waals surface area contributed by atoms with Crippen LogP contribution in [0.5, 0.6) is 5.75 Å². The molecule has 0 saturated carbocycles. The molecule has 0 radical (unpaired) electrons. The lowest BCUT2D eigenvalue weighted by molar-refractivity contribution is -0.384. The fourth-order valence-corrected chi connectivity index (χ4v) is 4.86. The molecule has 1 fully saturated rings. The van der Waals surface area contributed by atoms with Gasteiger partial charge in [-0.1, -0.05) is 36.4 Å². The highest BCUT2D eigenvalue weighted by Gasteiger charge is 2.53. The number of aromatic nitrogens is 1. The molecule has 2 amide bonds. The quantitative estimate of drug-likeness (QED) is 0.201. The van der Waals surface area contributed by atoms with Gasteiger partial charge in [-0.2, -0.15) is 0 Å². The number of ether oxygens (including phenoxy) is 1. The number of nitrogens with zero attached hydrogens (tertiary/aromatic N) is 4. The van der Waals surface area contributed by atoms with Crippen molar-refractivity contribution in [2.75, 3.05) is 12.5 Å². The van der Waals surface area contributed by atoms with Crippen LogP contribution in [0, 0.1) is 16.0 Å². The average Bonchev–Trinajstić information content (AvgIpc) is 3.18. The Morgan fingerprint density at radius 3 is 2.53 bits per heavy atom. The van der Waals surface area contributed by atoms with Crippen molar-refractivity contribution in [3.63, 3.8) is 0 Å². The van der Waals surface area contributed by atoms with E-state index in [1.807, 2.05) is 0 Å². The van der Waals surface area contributed by atoms with Gasteiger partial charge >= 0.3 is 0 Å². The number of para-hydroxylation sites is 1. The summed E-state index contributed by atoms with van der Waals surface area (Å²) in [5, 5.41) is 24.1. The zero-order valence-corrected chi connectivity index (χ0v) is 20.4. The number of amides is 2. The SMILES string of the molecule is COc1ccccc1[C@@H](O)C1C=C[C@H]2C(=O)N(Cc3cccnc3)C(=O)[C@H]2N1Nc1ccc([N+](=O)[O-])cc1. The van der Waals surface area contributed by atoms with E-state index in [1.165, 1.54) is 36.3 Å². The van der Waals surface area contributed by atoms with Gasteiger partial charge in [0.1, 0.15) is 17.9 Å². The number of likely N-dealkylation sites (tertiary alicyclic amines) is 1. The van der Waals surface area contributed by atoms with E-state index in [-0.39, 0.29) is 18.1 Å². The lowest BCUT2D eigenvalue weighted by Crippen LogP contribution is -2.55. The molecule has 1 aromatic heterocycles. The van der Waals surface area contributed by atoms with E-state index in [9.17, 15) is 24.8 Å². The van der Waals surface area contributed by atoms with Gasteiger partial charge in [0, 0.05) is 35.8 Å². The van der Waals surface area contributed by atoms with Gasteiger partial charge in [-0.05, 0) is 29.8 Å². The van der Waals surface area contributed by atoms with Crippen molar-refractivity contribution in [1.82, 2.24) is 14.9 Å². The summed E-state index contributed by atoms with van der Waals surface area (Å²) >= 11 is 0. The molecule has 38 heavy (non-hydrogen) atoms. The third-order valence-electron chi connectivity index (χ3n) is 6.73. The first-order valence-corrected chi connectivity index (χ1v) is 11.9. The van der Waals surface area contributed by atoms with Crippen molar-refractivity contribution in [2.45, 2.75) is 24.7 Å². The summed E-state index contributed by atoms with van der Waals surface area (Å²) in [6.07, 6.45) is 5.42. The number of hydrogen-bond acceptors (Lipinski definition) is 9. The second kappa shape index (κ2) is 10.4. The van der Waals surface area contributed by atoms with Crippen molar-refractivity contribution in [2.24, 2.45) is 5.92 Å². The van der Waals surface area contributed by atoms with Gasteiger partial charge in [-0.15, -0.1) is 0 Å². The summed E-state index contributed by atoms with van der Waals surface area (Å²) in [6, 6.07) is 14.5. The minimum atomic E-state index is -1.14. The highest BCUT2D eigenvalue weighted by molar-refractivity contribution is 6.08. The van der Waals surface area contributed by atoms with Gasteiger partial charge < -0.3 is 15.3 Å². The molecule has 194 valence electrons. The maximum atomic E-state index is 13.7. The molecule has 11 nitrogen and oxygen atoms in total. The third-order valence-corrected chi connectivity index (χ3v) is 6.73. The largest absolute Gasteiger partial charge is 0.496 e. The number of aliphatic hydroxyl groups excluding tert-OH is 1. The van der Waals surface area contributed by atoms with Gasteiger partial charge in [0.05, 0.1) is 30.5 Å². The Kier molecular flexibility index (Phi) is 6.86. The number of benzene rings is 2. The number of hydrazine groups is 1. The Balaban J connectivity index is 1.51. The molecular weight excluding hydrogens is 490 g/mol. The molecule has 11 heteroatoms. The van der Waals surface area contributed by atoms with Crippen molar-refractivity contribution in [3.8, 4) is 5.75 Å². The van der Waals surface area contributed by atoms with Gasteiger partial charge in [0.25, 0.3) is 5.69 Å². The number of nitrogens with one attached hydrogen (secondary N) is 1. The minimum absolute atomic E-state index is 0.0669. The molecule has 0 bridgehead atoms. The van der Waals surface area contributed by atoms with Crippen molar-refractivity contribution in [1.29, 1.82) is 0 Å². The monoisotopic (exact) mass is 515 g/mol. The number of hydrogen-bond donors (Lipinski definition) is 2. The first-order chi connectivity index (χ1) is 18.4. The average molecular weight is 516 g/mol. The fourth-order valence-electron chi connectivity index (χ4n) is 4.86. The molecule has 5 rings (SSSR count). The molecule has 2 N–H and O–H groups in total. The number of pyridine rings is 1. The van der Waals surface area contributed by atoms with Crippen LogP contribution in [0.15, 0.2) is 85.2 Å². The van der Waals surface area contributed by atoms with E-state index in [0.29, 0.717) is 22.6 Å². The molecule has 4 atom stereocenters. The third kappa shape index (κ3) is 4.60. The molecule has 0 aliphatic carbocycles. The van der Waals surface area contributed by atoms with Crippen LogP contribution in [0.25, 0.3) is 0 Å². The number of imide groups is 1. The van der Waals surface area contributed by atoms with E-state index in [4.69, 9.17) is 4.74 Å². The number of nitro benzene ring substituents is 1. The highest BCUT2D eigenvalue weighted by atomic mass is 16.6. The maximum Gasteiger partial charge on any atom is 0.269 e. The van der Waals surface area contributed by atoms with Crippen LogP contribution in [-0.4, -0.2) is 55.9 Å². The first kappa shape index (κ1) is 25.1. The summed E-state index contributed by atoms with van der Waals surface area (Å²) in [5.74, 6) is -1.11. The Bertz CT molecular complexity index is 1380. The number of nitro groups is 1. The minimum Gasteiger partial charge on any atom is -0.496 e. The van der Waals surface area contributed by atoms with Crippen molar-refractivity contribution in [3.05, 3.63) is 106 Å². The van der Waals surface area contributed by atoms with Crippen molar-refractivity contribution >= 4 is 23.2 Å². The lowest BCUT2D eigenvalue weighted by Gasteiger charge is -2.40. The number of non-ortho nitro benzene ring substituents is 1. The number of carbonyl (C=O) groups is 2. The molecule has 2 aliphatic rings. The Labute approximate surface area is 218 Å². The van der Waals surface area contributed by atoms with E-state index < -0.39 is 34.9 Å². The molecule has 3 aromatic rings. The summed E-state index contributed by atoms with van der Waals surface area (Å²) in [6.45, 7) is 0.0669. The first-order valence-electron chi connectivity index (χ1n) is 11.9. The van der Waals surface area contributed by atoms with Gasteiger partial charge in [0.15, 0.2) is 0 Å². The number of aliphatic hydroxyl groups is 1. The molecular formula is C27H25N5O6. The summed E-state index contributed by atoms with van der Waals surface area (Å²) in [4.78, 5) is 42.9. The molecule has 0 spiro atoms. The number of carbonyl (C=O) groups excluding carboxylic acids is 2. The molecule has 1 saturated heterocycles. The second-order valence-corrected chi connectivity index (χ2v) is 8.98. The molecule has 1 unspecified atom stereocenters. The van der Waals surface area contributed by atoms with E-state index in [2.05, 4.69) is 10.4 Å². The van der Waals surface area contributed by atoms with Crippen LogP contribution in [0.1, 0.15) is 17.2 Å². The number of anilines is 1. The summed E-state index contributed by atoms with van der Waals surface area (Å²) in [5.41, 5.74) is 4.71. The standard InChI is InChI=1S/C27H25N5O6/c1-38-23-7-3-2-6-20(23)25(33)22-13-12-21-24(31(22)29-18-8-10-19(11-9-18)32(36)37)27(35)30(26(21)34)16-17-5-4-14-28-15-17/h2-15,21-22,24-25,29,33H,16H2,1H3/t21-,22?,24+,25-/m1/s1. The zero-order valence-electron chi connectivity index (χ0n) is 20.4. The predicted molar refractivity (Wildman–Crippen MR) is 137 cm³/mol. The zero-order chi connectivity index (χ0) is 26.8. The smallest absolute Gasteiger partial charge is 0.269 e. The Morgan fingerprint density at radius 2 is 1.84 bits per heavy atom. The topological polar surface area (TPSA) is 138 Å². The second-order valence-electron chi connectivity index (χ2n) is 8.98. The Morgan fingerprint density at radius 1 is 1.08 bits per heavy atom. The van der Waals surface area contributed by atoms with Gasteiger partial charge in [-0.3, -0.25) is 29.6 Å². The van der Waals surface area contributed by atoms with Gasteiger partial charge in [-0.25, -0.2) is 5.01 Å². The molecule has 2 aliphatic heterocycles. The number of rotatable bonds is 8. The van der Waals surface area contributed by atoms with Crippen LogP contribution in [0.2, 0.25) is 0 Å². The predicted octanol–water partition coefficient (Wildman–Crippen LogP) is 2.85. The Hall–Kier alpha value is -4.61. The van der Waals surface area contributed by atoms with E-state index in [1.54, 1.807) is 66.0 Å². The van der Waals surface area contributed by atoms with Crippen LogP contribution in [0.3, 0.4) is 0 Å². The summed E-state index contributed by atoms with van der Waals surface area (Å²) in [7, 11) is 1.50. The molecule has 3 heterocycles. The fraction of sp³-hybridized carbons (Fsp3) is 0.222. The highest BCUT2D eigenvalue weighted by Crippen LogP contribution is 2.38. The van der Waals surface area contributed by atoms with E-state index in [0.717, 1.165) is 0 Å². The van der Waals surface area contributed by atoms with Crippen LogP contribution in [-0.2, 0) is 16.1 Å². The van der Waals surface area contributed by atoms with Crippen LogP contribution in [0.4, 0.5) is 11.4 Å². The number of methoxy groups -OCH3 is 1. The van der Waals surface area contributed by atoms with Crippen molar-refractivity contribution < 1.29 is 24.4 Å². The lowest BCUT2D eigenvalue weighted by atomic mass is 9.90. The summed E-state index contributed by atoms with van der Waals surface area (Å²) < 4.78 is 5.43. The maximum absolute atomic E-state index is 13.7.